The highest BCUT2D eigenvalue weighted by Gasteiger charge is 2.34. The summed E-state index contributed by atoms with van der Waals surface area (Å²) in [6.45, 7) is 8.98. The fourth-order valence-electron chi connectivity index (χ4n) is 5.97. The van der Waals surface area contributed by atoms with Gasteiger partial charge in [-0.25, -0.2) is 0 Å². The number of aliphatic hydroxyl groups excluding tert-OH is 2. The zero-order valence-electron chi connectivity index (χ0n) is 29.8. The van der Waals surface area contributed by atoms with Crippen molar-refractivity contribution in [1.29, 1.82) is 0 Å². The Morgan fingerprint density at radius 2 is 1.37 bits per heavy atom. The van der Waals surface area contributed by atoms with E-state index in [1.54, 1.807) is 0 Å². The molecule has 1 heterocycles. The number of esters is 1. The number of ether oxygens (including phenoxy) is 3. The van der Waals surface area contributed by atoms with Gasteiger partial charge < -0.3 is 29.2 Å². The van der Waals surface area contributed by atoms with E-state index in [-0.39, 0.29) is 37.0 Å². The minimum Gasteiger partial charge on any atom is -0.462 e. The molecule has 0 saturated carbocycles. The molecule has 8 heteroatoms. The van der Waals surface area contributed by atoms with E-state index in [4.69, 9.17) is 14.2 Å². The molecule has 1 fully saturated rings. The summed E-state index contributed by atoms with van der Waals surface area (Å²) in [4.78, 5) is 25.3. The fourth-order valence-corrected chi connectivity index (χ4v) is 5.97. The highest BCUT2D eigenvalue weighted by atomic mass is 16.6. The van der Waals surface area contributed by atoms with Crippen LogP contribution in [0.5, 0.6) is 0 Å². The van der Waals surface area contributed by atoms with Crippen LogP contribution in [0.25, 0.3) is 0 Å². The van der Waals surface area contributed by atoms with Crippen LogP contribution in [-0.2, 0) is 23.8 Å². The highest BCUT2D eigenvalue weighted by molar-refractivity contribution is 5.83. The van der Waals surface area contributed by atoms with Crippen LogP contribution in [-0.4, -0.2) is 84.8 Å². The lowest BCUT2D eigenvalue weighted by Gasteiger charge is -2.28. The number of aliphatic hydroxyl groups is 2. The average Bonchev–Trinajstić information content (AvgIpc) is 3.37. The molecule has 0 bridgehead atoms. The molecule has 0 aromatic rings. The lowest BCUT2D eigenvalue weighted by atomic mass is 9.97. The van der Waals surface area contributed by atoms with E-state index in [1.165, 1.54) is 71.1 Å². The maximum Gasteiger partial charge on any atom is 0.309 e. The third-order valence-electron chi connectivity index (χ3n) is 8.73. The molecular formula is C38H69NO7. The number of unbranched alkanes of at least 4 members (excludes halogenated alkanes) is 15. The van der Waals surface area contributed by atoms with Crippen LogP contribution in [0.3, 0.4) is 0 Å². The van der Waals surface area contributed by atoms with Gasteiger partial charge in [-0.3, -0.25) is 9.69 Å². The second-order valence-corrected chi connectivity index (χ2v) is 13.2. The zero-order valence-corrected chi connectivity index (χ0v) is 29.8. The number of Topliss-reactive ketones (excluding diaryl/α,β-unsaturated/α-hetero) is 1. The maximum atomic E-state index is 11.8. The van der Waals surface area contributed by atoms with Crippen LogP contribution in [0.2, 0.25) is 0 Å². The standard InChI is InChI=1S/C38H69NO7/c1-4-6-8-10-17-21-25-39(26-22-18-11-9-7-5-2)37(42)32-45-28-27-44-31-35(41)23-19-15-13-12-14-16-20-24-36-30-34(29-33(3)40)38(43)46-36/h34-37,41-42H,4-18,20-22,24-32H2,1-3H3/t34?,35-,36-,37-/m1/s1. The topological polar surface area (TPSA) is 106 Å². The Labute approximate surface area is 281 Å². The summed E-state index contributed by atoms with van der Waals surface area (Å²) in [7, 11) is 0. The molecule has 0 spiro atoms. The molecular weight excluding hydrogens is 582 g/mol. The Kier molecular flexibility index (Phi) is 27.4. The van der Waals surface area contributed by atoms with Crippen molar-refractivity contribution < 1.29 is 34.0 Å². The van der Waals surface area contributed by atoms with Gasteiger partial charge in [-0.1, -0.05) is 103 Å². The van der Waals surface area contributed by atoms with Crippen molar-refractivity contribution in [2.45, 2.75) is 174 Å². The van der Waals surface area contributed by atoms with Crippen molar-refractivity contribution in [3.63, 3.8) is 0 Å². The van der Waals surface area contributed by atoms with Gasteiger partial charge in [-0.15, -0.1) is 5.92 Å². The second-order valence-electron chi connectivity index (χ2n) is 13.2. The SMILES string of the molecule is CCCCCCCCN(CCCCCCCC)[C@H](O)COCCOC[C@H](O)C#CCCCCCCC[C@@H]1CC(CC(C)=O)C(=O)O1. The van der Waals surface area contributed by atoms with Gasteiger partial charge in [0.1, 0.15) is 24.2 Å². The highest BCUT2D eigenvalue weighted by Crippen LogP contribution is 2.27. The molecule has 0 aromatic heterocycles. The predicted octanol–water partition coefficient (Wildman–Crippen LogP) is 7.37. The number of rotatable bonds is 31. The number of carbonyl (C=O) groups is 2. The van der Waals surface area contributed by atoms with Crippen LogP contribution in [0.1, 0.15) is 156 Å². The van der Waals surface area contributed by atoms with Gasteiger partial charge in [0.2, 0.25) is 0 Å². The van der Waals surface area contributed by atoms with Gasteiger partial charge in [0.25, 0.3) is 0 Å². The average molecular weight is 652 g/mol. The minimum absolute atomic E-state index is 0.0330. The van der Waals surface area contributed by atoms with Crippen LogP contribution in [0.4, 0.5) is 0 Å². The summed E-state index contributed by atoms with van der Waals surface area (Å²) in [5.41, 5.74) is 0. The first kappa shape index (κ1) is 42.5. The Morgan fingerprint density at radius 3 is 1.98 bits per heavy atom. The van der Waals surface area contributed by atoms with E-state index in [1.807, 2.05) is 0 Å². The van der Waals surface area contributed by atoms with Gasteiger partial charge in [-0.05, 0) is 45.4 Å². The molecule has 1 aliphatic rings. The Hall–Kier alpha value is -1.50. The summed E-state index contributed by atoms with van der Waals surface area (Å²) in [6.07, 6.45) is 21.4. The first-order valence-electron chi connectivity index (χ1n) is 18.8. The zero-order chi connectivity index (χ0) is 33.7. The molecule has 0 aromatic carbocycles. The van der Waals surface area contributed by atoms with E-state index in [9.17, 15) is 19.8 Å². The lowest BCUT2D eigenvalue weighted by Crippen LogP contribution is -2.40. The third-order valence-corrected chi connectivity index (χ3v) is 8.73. The summed E-state index contributed by atoms with van der Waals surface area (Å²) >= 11 is 0. The van der Waals surface area contributed by atoms with Gasteiger partial charge in [0.15, 0.2) is 0 Å². The fraction of sp³-hybridized carbons (Fsp3) is 0.895. The van der Waals surface area contributed by atoms with Gasteiger partial charge in [0.05, 0.1) is 32.3 Å². The van der Waals surface area contributed by atoms with Crippen molar-refractivity contribution in [2.75, 3.05) is 39.5 Å². The first-order valence-corrected chi connectivity index (χ1v) is 18.8. The molecule has 0 aliphatic carbocycles. The molecule has 268 valence electrons. The first-order chi connectivity index (χ1) is 22.4. The number of hydrogen-bond acceptors (Lipinski definition) is 8. The number of cyclic esters (lactones) is 1. The largest absolute Gasteiger partial charge is 0.462 e. The molecule has 1 unspecified atom stereocenters. The number of ketones is 1. The maximum absolute atomic E-state index is 11.8. The van der Waals surface area contributed by atoms with E-state index >= 15 is 0 Å². The molecule has 8 nitrogen and oxygen atoms in total. The molecule has 0 radical (unpaired) electrons. The van der Waals surface area contributed by atoms with E-state index in [0.29, 0.717) is 26.1 Å². The molecule has 1 rings (SSSR count). The van der Waals surface area contributed by atoms with Crippen molar-refractivity contribution in [1.82, 2.24) is 4.90 Å². The van der Waals surface area contributed by atoms with Crippen molar-refractivity contribution in [2.24, 2.45) is 5.92 Å². The van der Waals surface area contributed by atoms with E-state index in [0.717, 1.165) is 70.9 Å². The van der Waals surface area contributed by atoms with Gasteiger partial charge in [0, 0.05) is 25.9 Å². The molecule has 1 saturated heterocycles. The van der Waals surface area contributed by atoms with E-state index < -0.39 is 12.3 Å². The van der Waals surface area contributed by atoms with Crippen molar-refractivity contribution >= 4 is 11.8 Å². The van der Waals surface area contributed by atoms with Crippen LogP contribution in [0.15, 0.2) is 0 Å². The summed E-state index contributed by atoms with van der Waals surface area (Å²) in [6, 6.07) is 0. The van der Waals surface area contributed by atoms with E-state index in [2.05, 4.69) is 30.6 Å². The van der Waals surface area contributed by atoms with Crippen molar-refractivity contribution in [3.05, 3.63) is 0 Å². The monoisotopic (exact) mass is 652 g/mol. The van der Waals surface area contributed by atoms with Crippen LogP contribution in [0, 0.1) is 17.8 Å². The number of carbonyl (C=O) groups excluding carboxylic acids is 2. The summed E-state index contributed by atoms with van der Waals surface area (Å²) in [5, 5.41) is 20.9. The normalized spacial score (nSPS) is 17.6. The Morgan fingerprint density at radius 1 is 0.826 bits per heavy atom. The molecule has 46 heavy (non-hydrogen) atoms. The third kappa shape index (κ3) is 23.8. The molecule has 2 N–H and O–H groups in total. The predicted molar refractivity (Wildman–Crippen MR) is 185 cm³/mol. The van der Waals surface area contributed by atoms with Crippen LogP contribution < -0.4 is 0 Å². The molecule has 4 atom stereocenters. The molecule has 0 amide bonds. The van der Waals surface area contributed by atoms with Crippen LogP contribution >= 0.6 is 0 Å². The summed E-state index contributed by atoms with van der Waals surface area (Å²) in [5.74, 6) is 5.50. The smallest absolute Gasteiger partial charge is 0.309 e. The number of hydrogen-bond donors (Lipinski definition) is 2. The number of nitrogens with zero attached hydrogens (tertiary/aromatic N) is 1. The Balaban J connectivity index is 2.08. The van der Waals surface area contributed by atoms with Gasteiger partial charge in [-0.2, -0.15) is 0 Å². The quantitative estimate of drug-likeness (QED) is 0.0347. The Bertz CT molecular complexity index is 795. The second kappa shape index (κ2) is 29.6. The van der Waals surface area contributed by atoms with Gasteiger partial charge >= 0.3 is 5.97 Å². The summed E-state index contributed by atoms with van der Waals surface area (Å²) < 4.78 is 16.7. The lowest BCUT2D eigenvalue weighted by molar-refractivity contribution is -0.145. The van der Waals surface area contributed by atoms with Crippen molar-refractivity contribution in [3.8, 4) is 11.8 Å². The molecule has 1 aliphatic heterocycles. The minimum atomic E-state index is -0.809.